The Bertz CT molecular complexity index is 992. The summed E-state index contributed by atoms with van der Waals surface area (Å²) in [7, 11) is -0.349. The summed E-state index contributed by atoms with van der Waals surface area (Å²) in [4.78, 5) is 15.7. The zero-order valence-corrected chi connectivity index (χ0v) is 18.2. The van der Waals surface area contributed by atoms with Gasteiger partial charge in [-0.05, 0) is 44.2 Å². The Morgan fingerprint density at radius 1 is 1.21 bits per heavy atom. The average molecular weight is 476 g/mol. The van der Waals surface area contributed by atoms with Crippen molar-refractivity contribution in [3.8, 4) is 6.07 Å². The van der Waals surface area contributed by atoms with Gasteiger partial charge in [-0.3, -0.25) is 9.36 Å². The second-order valence-corrected chi connectivity index (χ2v) is 7.17. The largest absolute Gasteiger partial charge is 0.360 e. The highest BCUT2D eigenvalue weighted by Crippen LogP contribution is 2.38. The van der Waals surface area contributed by atoms with Crippen LogP contribution in [0.4, 0.5) is 5.69 Å². The average Bonchev–Trinajstić information content (AvgIpc) is 2.74. The van der Waals surface area contributed by atoms with Crippen molar-refractivity contribution in [2.75, 3.05) is 13.2 Å². The molecule has 0 bridgehead atoms. The van der Waals surface area contributed by atoms with Crippen LogP contribution in [-0.4, -0.2) is 19.1 Å². The van der Waals surface area contributed by atoms with E-state index < -0.39 is 11.4 Å². The molecule has 0 fully saturated rings. The van der Waals surface area contributed by atoms with Gasteiger partial charge in [0.05, 0.1) is 5.56 Å². The van der Waals surface area contributed by atoms with Crippen molar-refractivity contribution in [2.45, 2.75) is 19.4 Å². The molecule has 0 unspecified atom stereocenters. The summed E-state index contributed by atoms with van der Waals surface area (Å²) in [6.07, 6.45) is 0. The van der Waals surface area contributed by atoms with Crippen molar-refractivity contribution >= 4 is 36.0 Å². The lowest BCUT2D eigenvalue weighted by Crippen LogP contribution is -2.27. The van der Waals surface area contributed by atoms with E-state index in [-0.39, 0.29) is 14.0 Å². The third-order valence-corrected chi connectivity index (χ3v) is 4.91. The van der Waals surface area contributed by atoms with Gasteiger partial charge in [-0.25, -0.2) is 0 Å². The molecule has 1 amide bonds. The Morgan fingerprint density at radius 2 is 1.86 bits per heavy atom. The van der Waals surface area contributed by atoms with Crippen LogP contribution in [0.3, 0.4) is 0 Å². The highest BCUT2D eigenvalue weighted by Gasteiger charge is 2.35. The first kappa shape index (κ1) is 22.7. The fourth-order valence-electron chi connectivity index (χ4n) is 2.38. The van der Waals surface area contributed by atoms with E-state index in [1.807, 2.05) is 6.07 Å². The van der Waals surface area contributed by atoms with Crippen molar-refractivity contribution in [2.24, 2.45) is 10.2 Å². The summed E-state index contributed by atoms with van der Waals surface area (Å²) in [5.41, 5.74) is -0.0552. The van der Waals surface area contributed by atoms with Crippen molar-refractivity contribution < 1.29 is 18.8 Å². The molecular formula is C19H17BrN4O4P+. The number of amides is 1. The Morgan fingerprint density at radius 3 is 2.41 bits per heavy atom. The van der Waals surface area contributed by atoms with Gasteiger partial charge < -0.3 is 9.47 Å². The number of ether oxygens (including phenoxy) is 2. The molecule has 0 radical (unpaired) electrons. The molecule has 2 aromatic carbocycles. The first-order valence-corrected chi connectivity index (χ1v) is 10.2. The van der Waals surface area contributed by atoms with Crippen LogP contribution in [0.25, 0.3) is 0 Å². The lowest BCUT2D eigenvalue weighted by atomic mass is 10.1. The maximum Gasteiger partial charge on any atom is 0.360 e. The van der Waals surface area contributed by atoms with E-state index in [1.54, 1.807) is 44.2 Å². The third kappa shape index (κ3) is 5.70. The second-order valence-electron chi connectivity index (χ2n) is 5.48. The number of rotatable bonds is 8. The van der Waals surface area contributed by atoms with Gasteiger partial charge in [0.25, 0.3) is 5.53 Å². The van der Waals surface area contributed by atoms with E-state index in [2.05, 4.69) is 31.1 Å². The molecule has 0 atom stereocenters. The summed E-state index contributed by atoms with van der Waals surface area (Å²) >= 11 is 3.26. The van der Waals surface area contributed by atoms with E-state index in [0.29, 0.717) is 30.0 Å². The van der Waals surface area contributed by atoms with Crippen LogP contribution in [0, 0.1) is 11.3 Å². The molecule has 0 aliphatic heterocycles. The number of nitrogens with zero attached hydrogens (tertiary/aromatic N) is 4. The van der Waals surface area contributed by atoms with Crippen LogP contribution in [0.15, 0.2) is 57.2 Å². The molecule has 0 aromatic heterocycles. The van der Waals surface area contributed by atoms with E-state index in [0.717, 1.165) is 4.47 Å². The number of nitriles is 1. The van der Waals surface area contributed by atoms with Crippen molar-refractivity contribution in [3.05, 3.63) is 63.6 Å². The number of hydrogen-bond donors (Lipinski definition) is 0. The summed E-state index contributed by atoms with van der Waals surface area (Å²) in [5, 5.41) is 16.5. The molecule has 2 aromatic rings. The summed E-state index contributed by atoms with van der Waals surface area (Å²) in [5.74, 6) is -0.617. The minimum absolute atomic E-state index is 0.258. The number of benzene rings is 2. The van der Waals surface area contributed by atoms with E-state index in [4.69, 9.17) is 14.7 Å². The zero-order chi connectivity index (χ0) is 21.3. The number of hydrogen-bond acceptors (Lipinski definition) is 6. The molecule has 0 saturated carbocycles. The van der Waals surface area contributed by atoms with Gasteiger partial charge in [-0.2, -0.15) is 5.26 Å². The second kappa shape index (κ2) is 10.8. The molecule has 0 N–H and O–H groups in total. The Balaban J connectivity index is 2.23. The molecule has 29 heavy (non-hydrogen) atoms. The van der Waals surface area contributed by atoms with Crippen LogP contribution < -0.4 is 4.91 Å². The lowest BCUT2D eigenvalue weighted by Gasteiger charge is -2.26. The summed E-state index contributed by atoms with van der Waals surface area (Å²) < 4.78 is 23.5. The third-order valence-electron chi connectivity index (χ3n) is 3.66. The van der Waals surface area contributed by atoms with Gasteiger partial charge in [0.15, 0.2) is 10.8 Å². The Labute approximate surface area is 177 Å². The van der Waals surface area contributed by atoms with Gasteiger partial charge in [-0.15, -0.1) is 0 Å². The standard InChI is InChI=1S/C19H17BrN4O4P/c1-3-27-19(29-26,28-4-2)15-7-5-13(6-8-15)18(25)23-24-22-17-10-9-16(20)11-14(17)12-21/h5-11H,3-4H2,1-2H3/q+1. The highest BCUT2D eigenvalue weighted by molar-refractivity contribution is 9.10. The van der Waals surface area contributed by atoms with Crippen LogP contribution in [0.5, 0.6) is 0 Å². The fourth-order valence-corrected chi connectivity index (χ4v) is 3.36. The number of carbonyl (C=O) groups is 1. The molecule has 0 heterocycles. The van der Waals surface area contributed by atoms with Crippen LogP contribution in [0.1, 0.15) is 35.3 Å². The van der Waals surface area contributed by atoms with Gasteiger partial charge in [0.2, 0.25) is 18.5 Å². The van der Waals surface area contributed by atoms with Gasteiger partial charge in [0.1, 0.15) is 6.07 Å². The van der Waals surface area contributed by atoms with E-state index >= 15 is 0 Å². The summed E-state index contributed by atoms with van der Waals surface area (Å²) in [6.45, 7) is 4.13. The van der Waals surface area contributed by atoms with Gasteiger partial charge in [0, 0.05) is 28.8 Å². The molecule has 0 aliphatic carbocycles. The predicted octanol–water partition coefficient (Wildman–Crippen LogP) is 5.24. The molecule has 10 heteroatoms. The molecule has 0 saturated heterocycles. The van der Waals surface area contributed by atoms with Crippen LogP contribution in [0.2, 0.25) is 0 Å². The minimum Gasteiger partial charge on any atom is -0.337 e. The smallest absolute Gasteiger partial charge is 0.337 e. The monoisotopic (exact) mass is 475 g/mol. The SMILES string of the molecule is CCOC(OCC)(P=O)c1ccc(C(=O)N=[N+]=Nc2ccc(Br)cc2C#N)cc1. The van der Waals surface area contributed by atoms with Crippen molar-refractivity contribution in [1.82, 2.24) is 4.91 Å². The topological polar surface area (TPSA) is 115 Å². The predicted molar refractivity (Wildman–Crippen MR) is 109 cm³/mol. The Kier molecular flexibility index (Phi) is 8.47. The summed E-state index contributed by atoms with van der Waals surface area (Å²) in [6, 6.07) is 13.1. The quantitative estimate of drug-likeness (QED) is 0.224. The molecular weight excluding hydrogens is 459 g/mol. The molecule has 0 spiro atoms. The van der Waals surface area contributed by atoms with E-state index in [9.17, 15) is 9.36 Å². The number of halogens is 1. The normalized spacial score (nSPS) is 10.8. The van der Waals surface area contributed by atoms with Gasteiger partial charge in [-0.1, -0.05) is 28.1 Å². The lowest BCUT2D eigenvalue weighted by molar-refractivity contribution is -0.176. The molecule has 148 valence electrons. The van der Waals surface area contributed by atoms with Gasteiger partial charge >= 0.3 is 5.91 Å². The molecule has 8 nitrogen and oxygen atoms in total. The fraction of sp³-hybridized carbons (Fsp3) is 0.263. The first-order valence-electron chi connectivity index (χ1n) is 8.58. The molecule has 2 rings (SSSR count). The molecule has 0 aliphatic rings. The first-order chi connectivity index (χ1) is 14.0. The number of carbonyl (C=O) groups excluding carboxylic acids is 1. The highest BCUT2D eigenvalue weighted by atomic mass is 79.9. The van der Waals surface area contributed by atoms with Crippen LogP contribution in [-0.2, 0) is 19.6 Å². The minimum atomic E-state index is -1.42. The van der Waals surface area contributed by atoms with E-state index in [1.165, 1.54) is 12.1 Å². The van der Waals surface area contributed by atoms with Crippen LogP contribution >= 0.6 is 24.4 Å². The van der Waals surface area contributed by atoms with Crippen molar-refractivity contribution in [3.63, 3.8) is 0 Å². The maximum absolute atomic E-state index is 12.2. The zero-order valence-electron chi connectivity index (χ0n) is 15.7. The van der Waals surface area contributed by atoms with Crippen molar-refractivity contribution in [1.29, 1.82) is 5.26 Å². The maximum atomic E-state index is 12.2. The Hall–Kier alpha value is -2.59.